The summed E-state index contributed by atoms with van der Waals surface area (Å²) in [5, 5.41) is 5.37. The maximum Gasteiger partial charge on any atom is 0.258 e. The van der Waals surface area contributed by atoms with Crippen molar-refractivity contribution in [1.29, 1.82) is 0 Å². The average molecular weight is 399 g/mol. The van der Waals surface area contributed by atoms with Crippen molar-refractivity contribution in [2.24, 2.45) is 0 Å². The molecule has 0 aliphatic carbocycles. The van der Waals surface area contributed by atoms with Gasteiger partial charge in [0, 0.05) is 19.5 Å². The van der Waals surface area contributed by atoms with Crippen LogP contribution in [0.5, 0.6) is 5.75 Å². The van der Waals surface area contributed by atoms with Gasteiger partial charge in [-0.15, -0.1) is 0 Å². The first kappa shape index (κ1) is 18.9. The number of rotatable bonds is 4. The normalized spacial score (nSPS) is 18.6. The van der Waals surface area contributed by atoms with Gasteiger partial charge < -0.3 is 25.0 Å². The molecule has 3 heterocycles. The van der Waals surface area contributed by atoms with Crippen molar-refractivity contribution in [2.45, 2.75) is 12.3 Å². The van der Waals surface area contributed by atoms with E-state index < -0.39 is 17.4 Å². The van der Waals surface area contributed by atoms with Crippen LogP contribution in [0, 0.1) is 0 Å². The maximum absolute atomic E-state index is 12.9. The highest BCUT2D eigenvalue weighted by atomic mass is 16.5. The minimum absolute atomic E-state index is 0.117. The molecule has 10 nitrogen and oxygen atoms in total. The van der Waals surface area contributed by atoms with E-state index in [1.807, 2.05) is 4.90 Å². The van der Waals surface area contributed by atoms with E-state index in [9.17, 15) is 14.4 Å². The molecule has 152 valence electrons. The number of nitrogens with one attached hydrogen (secondary N) is 3. The average Bonchev–Trinajstić information content (AvgIpc) is 2.73. The number of benzene rings is 1. The Balaban J connectivity index is 1.65. The molecule has 3 N–H and O–H groups in total. The molecule has 1 fully saturated rings. The Morgan fingerprint density at radius 2 is 2.03 bits per heavy atom. The number of fused-ring (bicyclic) bond motifs is 1. The number of hydrogen-bond donors (Lipinski definition) is 3. The first-order chi connectivity index (χ1) is 14.1. The van der Waals surface area contributed by atoms with Crippen LogP contribution in [0.25, 0.3) is 0 Å². The molecule has 10 heteroatoms. The molecule has 1 aromatic carbocycles. The number of amides is 2. The number of H-pyrrole nitrogens is 1. The van der Waals surface area contributed by atoms with Gasteiger partial charge >= 0.3 is 0 Å². The van der Waals surface area contributed by atoms with Gasteiger partial charge in [-0.2, -0.15) is 4.98 Å². The van der Waals surface area contributed by atoms with Crippen LogP contribution in [0.4, 0.5) is 17.5 Å². The molecule has 0 radical (unpaired) electrons. The fraction of sp³-hybridized carbons (Fsp3) is 0.368. The van der Waals surface area contributed by atoms with Crippen molar-refractivity contribution in [3.8, 4) is 5.75 Å². The minimum atomic E-state index is -0.960. The molecule has 0 spiro atoms. The van der Waals surface area contributed by atoms with Crippen molar-refractivity contribution in [3.63, 3.8) is 0 Å². The zero-order chi connectivity index (χ0) is 20.4. The summed E-state index contributed by atoms with van der Waals surface area (Å²) in [6.07, 6.45) is -0.143. The van der Waals surface area contributed by atoms with E-state index in [0.29, 0.717) is 43.7 Å². The molecular formula is C19H21N5O5. The van der Waals surface area contributed by atoms with Crippen molar-refractivity contribution in [3.05, 3.63) is 40.2 Å². The van der Waals surface area contributed by atoms with Gasteiger partial charge in [-0.25, -0.2) is 0 Å². The van der Waals surface area contributed by atoms with Gasteiger partial charge in [-0.1, -0.05) is 12.1 Å². The van der Waals surface area contributed by atoms with Crippen LogP contribution in [0.2, 0.25) is 0 Å². The zero-order valence-electron chi connectivity index (χ0n) is 15.9. The molecule has 0 bridgehead atoms. The molecule has 1 saturated heterocycles. The summed E-state index contributed by atoms with van der Waals surface area (Å²) in [4.78, 5) is 47.0. The van der Waals surface area contributed by atoms with Crippen molar-refractivity contribution in [2.75, 3.05) is 48.9 Å². The Hall–Kier alpha value is -3.40. The van der Waals surface area contributed by atoms with E-state index in [4.69, 9.17) is 9.47 Å². The Morgan fingerprint density at radius 1 is 1.28 bits per heavy atom. The van der Waals surface area contributed by atoms with Gasteiger partial charge in [-0.3, -0.25) is 19.4 Å². The number of anilines is 3. The SMILES string of the molecule is COc1ccccc1NC(=O)[C@@H]1CC(=O)Nc2nc(N3CCOCC3)[nH]c(=O)c21. The Morgan fingerprint density at radius 3 is 2.79 bits per heavy atom. The van der Waals surface area contributed by atoms with Gasteiger partial charge in [-0.05, 0) is 12.1 Å². The predicted molar refractivity (Wildman–Crippen MR) is 106 cm³/mol. The number of morpholine rings is 1. The lowest BCUT2D eigenvalue weighted by molar-refractivity contribution is -0.123. The summed E-state index contributed by atoms with van der Waals surface area (Å²) in [6.45, 7) is 2.20. The zero-order valence-corrected chi connectivity index (χ0v) is 15.9. The molecule has 1 aromatic heterocycles. The quantitative estimate of drug-likeness (QED) is 0.690. The molecule has 2 aromatic rings. The number of nitrogens with zero attached hydrogens (tertiary/aromatic N) is 2. The Kier molecular flexibility index (Phi) is 5.17. The largest absolute Gasteiger partial charge is 0.495 e. The second-order valence-corrected chi connectivity index (χ2v) is 6.75. The highest BCUT2D eigenvalue weighted by Gasteiger charge is 2.35. The van der Waals surface area contributed by atoms with E-state index in [0.717, 1.165) is 0 Å². The first-order valence-electron chi connectivity index (χ1n) is 9.27. The van der Waals surface area contributed by atoms with Gasteiger partial charge in [0.05, 0.1) is 37.5 Å². The molecule has 4 rings (SSSR count). The molecule has 2 aliphatic rings. The maximum atomic E-state index is 12.9. The number of aromatic amines is 1. The van der Waals surface area contributed by atoms with E-state index in [1.165, 1.54) is 7.11 Å². The molecule has 2 amide bonds. The van der Waals surface area contributed by atoms with Gasteiger partial charge in [0.15, 0.2) is 0 Å². The molecule has 0 saturated carbocycles. The van der Waals surface area contributed by atoms with Gasteiger partial charge in [0.1, 0.15) is 11.6 Å². The number of hydrogen-bond acceptors (Lipinski definition) is 7. The van der Waals surface area contributed by atoms with Crippen LogP contribution < -0.4 is 25.8 Å². The van der Waals surface area contributed by atoms with Crippen LogP contribution >= 0.6 is 0 Å². The lowest BCUT2D eigenvalue weighted by Crippen LogP contribution is -2.41. The summed E-state index contributed by atoms with van der Waals surface area (Å²) in [5.74, 6) is -0.856. The summed E-state index contributed by atoms with van der Waals surface area (Å²) < 4.78 is 10.6. The third-order valence-electron chi connectivity index (χ3n) is 4.93. The van der Waals surface area contributed by atoms with Crippen LogP contribution in [-0.2, 0) is 14.3 Å². The van der Waals surface area contributed by atoms with Crippen molar-refractivity contribution >= 4 is 29.3 Å². The van der Waals surface area contributed by atoms with E-state index in [1.54, 1.807) is 24.3 Å². The molecule has 0 unspecified atom stereocenters. The topological polar surface area (TPSA) is 126 Å². The molecular weight excluding hydrogens is 378 g/mol. The fourth-order valence-corrected chi connectivity index (χ4v) is 3.48. The number of ether oxygens (including phenoxy) is 2. The number of carbonyl (C=O) groups excluding carboxylic acids is 2. The van der Waals surface area contributed by atoms with Crippen LogP contribution in [0.1, 0.15) is 17.9 Å². The minimum Gasteiger partial charge on any atom is -0.495 e. The third kappa shape index (κ3) is 3.79. The van der Waals surface area contributed by atoms with E-state index >= 15 is 0 Å². The summed E-state index contributed by atoms with van der Waals surface area (Å²) in [5.41, 5.74) is 0.160. The fourth-order valence-electron chi connectivity index (χ4n) is 3.48. The standard InChI is InChI=1S/C19H21N5O5/c1-28-13-5-3-2-4-12(13)20-17(26)11-10-14(25)21-16-15(11)18(27)23-19(22-16)24-6-8-29-9-7-24/h2-5,11H,6-10H2,1H3,(H,20,26)(H2,21,22,23,25,27)/t11-/m1/s1. The summed E-state index contributed by atoms with van der Waals surface area (Å²) >= 11 is 0. The number of methoxy groups -OCH3 is 1. The lowest BCUT2D eigenvalue weighted by Gasteiger charge is -2.29. The smallest absolute Gasteiger partial charge is 0.258 e. The van der Waals surface area contributed by atoms with Crippen molar-refractivity contribution < 1.29 is 19.1 Å². The Labute approximate surface area is 166 Å². The Bertz CT molecular complexity index is 999. The van der Waals surface area contributed by atoms with E-state index in [2.05, 4.69) is 20.6 Å². The number of aromatic nitrogens is 2. The highest BCUT2D eigenvalue weighted by molar-refractivity contribution is 6.04. The summed E-state index contributed by atoms with van der Waals surface area (Å²) in [6, 6.07) is 6.92. The monoisotopic (exact) mass is 399 g/mol. The van der Waals surface area contributed by atoms with Gasteiger partial charge in [0.2, 0.25) is 17.8 Å². The predicted octanol–water partition coefficient (Wildman–Crippen LogP) is 0.680. The molecule has 29 heavy (non-hydrogen) atoms. The number of para-hydroxylation sites is 2. The second-order valence-electron chi connectivity index (χ2n) is 6.75. The van der Waals surface area contributed by atoms with Crippen LogP contribution in [0.15, 0.2) is 29.1 Å². The third-order valence-corrected chi connectivity index (χ3v) is 4.93. The number of carbonyl (C=O) groups is 2. The lowest BCUT2D eigenvalue weighted by atomic mass is 9.92. The second kappa shape index (κ2) is 7.92. The van der Waals surface area contributed by atoms with Crippen LogP contribution in [-0.4, -0.2) is 55.2 Å². The van der Waals surface area contributed by atoms with Crippen molar-refractivity contribution in [1.82, 2.24) is 9.97 Å². The van der Waals surface area contributed by atoms with E-state index in [-0.39, 0.29) is 23.7 Å². The highest BCUT2D eigenvalue weighted by Crippen LogP contribution is 2.31. The van der Waals surface area contributed by atoms with Crippen LogP contribution in [0.3, 0.4) is 0 Å². The summed E-state index contributed by atoms with van der Waals surface area (Å²) in [7, 11) is 1.50. The first-order valence-corrected chi connectivity index (χ1v) is 9.27. The molecule has 2 aliphatic heterocycles. The van der Waals surface area contributed by atoms with Gasteiger partial charge in [0.25, 0.3) is 5.56 Å². The molecule has 1 atom stereocenters.